The second kappa shape index (κ2) is 8.80. The highest BCUT2D eigenvalue weighted by Crippen LogP contribution is 2.44. The van der Waals surface area contributed by atoms with Crippen LogP contribution >= 0.6 is 0 Å². The normalized spacial score (nSPS) is 26.7. The number of hydrogen-bond acceptors (Lipinski definition) is 6. The Balaban J connectivity index is 1.25. The van der Waals surface area contributed by atoms with Crippen LogP contribution in [-0.2, 0) is 5.60 Å². The number of piperazine rings is 1. The fourth-order valence-corrected chi connectivity index (χ4v) is 5.89. The highest BCUT2D eigenvalue weighted by molar-refractivity contribution is 5.92. The lowest BCUT2D eigenvalue weighted by Crippen LogP contribution is -2.53. The van der Waals surface area contributed by atoms with Crippen LogP contribution in [0.1, 0.15) is 62.5 Å². The molecule has 2 saturated carbocycles. The number of rotatable bonds is 5. The molecule has 2 aliphatic carbocycles. The third-order valence-corrected chi connectivity index (χ3v) is 7.81. The van der Waals surface area contributed by atoms with Crippen LogP contribution in [0.25, 0.3) is 0 Å². The van der Waals surface area contributed by atoms with E-state index in [2.05, 4.69) is 27.1 Å². The molecule has 8 heteroatoms. The minimum Gasteiger partial charge on any atom is -0.386 e. The lowest BCUT2D eigenvalue weighted by Gasteiger charge is -2.41. The molecule has 0 spiro atoms. The molecule has 0 radical (unpaired) electrons. The van der Waals surface area contributed by atoms with Crippen molar-refractivity contribution in [3.63, 3.8) is 0 Å². The molecule has 1 aliphatic heterocycles. The summed E-state index contributed by atoms with van der Waals surface area (Å²) < 4.78 is 14.8. The Kier molecular flexibility index (Phi) is 5.96. The van der Waals surface area contributed by atoms with Gasteiger partial charge < -0.3 is 20.2 Å². The van der Waals surface area contributed by atoms with E-state index in [-0.39, 0.29) is 23.8 Å². The summed E-state index contributed by atoms with van der Waals surface area (Å²) in [7, 11) is 0. The topological polar surface area (TPSA) is 81.6 Å². The van der Waals surface area contributed by atoms with Gasteiger partial charge in [-0.2, -0.15) is 0 Å². The van der Waals surface area contributed by atoms with Crippen molar-refractivity contribution in [3.05, 3.63) is 47.5 Å². The van der Waals surface area contributed by atoms with Gasteiger partial charge in [0.05, 0.1) is 11.3 Å². The van der Waals surface area contributed by atoms with E-state index in [4.69, 9.17) is 0 Å². The molecule has 34 heavy (non-hydrogen) atoms. The highest BCUT2D eigenvalue weighted by Gasteiger charge is 2.40. The number of anilines is 2. The molecule has 2 heterocycles. The van der Waals surface area contributed by atoms with E-state index >= 15 is 0 Å². The fraction of sp³-hybridized carbons (Fsp3) is 0.577. The Morgan fingerprint density at radius 2 is 2.03 bits per heavy atom. The molecule has 3 fully saturated rings. The number of nitrogens with one attached hydrogen (secondary N) is 1. The maximum atomic E-state index is 14.8. The number of halogens is 1. The summed E-state index contributed by atoms with van der Waals surface area (Å²) >= 11 is 0. The molecule has 1 aromatic carbocycles. The van der Waals surface area contributed by atoms with Crippen molar-refractivity contribution in [2.45, 2.75) is 64.1 Å². The number of fused-ring (bicyclic) bond motifs is 2. The summed E-state index contributed by atoms with van der Waals surface area (Å²) in [4.78, 5) is 26.0. The zero-order chi connectivity index (χ0) is 24.0. The number of aliphatic hydroxyl groups is 1. The third-order valence-electron chi connectivity index (χ3n) is 7.81. The summed E-state index contributed by atoms with van der Waals surface area (Å²) in [6, 6.07) is 6.90. The number of amides is 1. The number of carbonyl (C=O) groups excluding carboxylic acids is 1. The maximum Gasteiger partial charge on any atom is 0.270 e. The zero-order valence-electron chi connectivity index (χ0n) is 20.2. The second-order valence-corrected chi connectivity index (χ2v) is 10.7. The standard InChI is InChI=1S/C26H34FN5O2/c1-16-15-31(23-7-6-19(14-20(23)27)26(2,3)34)10-11-32(16)25-28-9-8-21(30-25)24(33)29-22-13-17-4-5-18(22)12-17/h6-9,14,16-18,22,34H,4-5,10-13,15H2,1-3H3,(H,29,33). The summed E-state index contributed by atoms with van der Waals surface area (Å²) in [5, 5.41) is 13.4. The number of hydrogen-bond donors (Lipinski definition) is 2. The molecule has 2 aromatic rings. The molecule has 5 rings (SSSR count). The Hall–Kier alpha value is -2.74. The molecule has 1 saturated heterocycles. The molecule has 2 bridgehead atoms. The van der Waals surface area contributed by atoms with Gasteiger partial charge in [-0.25, -0.2) is 14.4 Å². The molecule has 4 unspecified atom stereocenters. The summed E-state index contributed by atoms with van der Waals surface area (Å²) in [5.74, 6) is 1.45. The number of carbonyl (C=O) groups is 1. The van der Waals surface area contributed by atoms with Crippen LogP contribution < -0.4 is 15.1 Å². The minimum atomic E-state index is -1.09. The number of nitrogens with zero attached hydrogens (tertiary/aromatic N) is 4. The van der Waals surface area contributed by atoms with Gasteiger partial charge in [-0.3, -0.25) is 4.79 Å². The van der Waals surface area contributed by atoms with Crippen LogP contribution in [-0.4, -0.2) is 52.7 Å². The van der Waals surface area contributed by atoms with Crippen molar-refractivity contribution in [1.82, 2.24) is 15.3 Å². The molecular formula is C26H34FN5O2. The summed E-state index contributed by atoms with van der Waals surface area (Å²) in [5.41, 5.74) is 0.390. The highest BCUT2D eigenvalue weighted by atomic mass is 19.1. The van der Waals surface area contributed by atoms with Crippen molar-refractivity contribution in [1.29, 1.82) is 0 Å². The first-order valence-corrected chi connectivity index (χ1v) is 12.4. The van der Waals surface area contributed by atoms with Crippen molar-refractivity contribution < 1.29 is 14.3 Å². The molecule has 182 valence electrons. The number of aromatic nitrogens is 2. The Morgan fingerprint density at radius 3 is 2.68 bits per heavy atom. The van der Waals surface area contributed by atoms with E-state index in [9.17, 15) is 14.3 Å². The van der Waals surface area contributed by atoms with E-state index in [1.54, 1.807) is 38.2 Å². The van der Waals surface area contributed by atoms with Crippen LogP contribution in [0.3, 0.4) is 0 Å². The van der Waals surface area contributed by atoms with E-state index in [1.165, 1.54) is 25.3 Å². The van der Waals surface area contributed by atoms with Gasteiger partial charge in [0.1, 0.15) is 11.5 Å². The minimum absolute atomic E-state index is 0.0333. The molecular weight excluding hydrogens is 433 g/mol. The van der Waals surface area contributed by atoms with E-state index in [0.717, 1.165) is 12.3 Å². The van der Waals surface area contributed by atoms with E-state index < -0.39 is 5.60 Å². The average Bonchev–Trinajstić information content (AvgIpc) is 3.42. The van der Waals surface area contributed by atoms with Crippen LogP contribution in [0.5, 0.6) is 0 Å². The van der Waals surface area contributed by atoms with Gasteiger partial charge in [0.15, 0.2) is 0 Å². The number of benzene rings is 1. The van der Waals surface area contributed by atoms with Gasteiger partial charge in [-0.05, 0) is 75.6 Å². The largest absolute Gasteiger partial charge is 0.386 e. The second-order valence-electron chi connectivity index (χ2n) is 10.7. The van der Waals surface area contributed by atoms with Crippen molar-refractivity contribution in [3.8, 4) is 0 Å². The average molecular weight is 468 g/mol. The quantitative estimate of drug-likeness (QED) is 0.701. The lowest BCUT2D eigenvalue weighted by atomic mass is 9.95. The van der Waals surface area contributed by atoms with Gasteiger partial charge in [0.2, 0.25) is 5.95 Å². The van der Waals surface area contributed by atoms with E-state index in [0.29, 0.717) is 48.4 Å². The molecule has 1 amide bonds. The Morgan fingerprint density at radius 1 is 1.21 bits per heavy atom. The Bertz CT molecular complexity index is 1070. The van der Waals surface area contributed by atoms with E-state index in [1.807, 2.05) is 4.90 Å². The molecule has 3 aliphatic rings. The lowest BCUT2D eigenvalue weighted by molar-refractivity contribution is 0.0782. The molecule has 1 aromatic heterocycles. The van der Waals surface area contributed by atoms with Crippen LogP contribution in [0.2, 0.25) is 0 Å². The molecule has 7 nitrogen and oxygen atoms in total. The SMILES string of the molecule is CC1CN(c2ccc(C(C)(C)O)cc2F)CCN1c1nccc(C(=O)NC2CC3CCC2C3)n1. The third kappa shape index (κ3) is 4.48. The first kappa shape index (κ1) is 23.0. The Labute approximate surface area is 200 Å². The summed E-state index contributed by atoms with van der Waals surface area (Å²) in [6.45, 7) is 7.17. The molecule has 2 N–H and O–H groups in total. The predicted octanol–water partition coefficient (Wildman–Crippen LogP) is 3.48. The van der Waals surface area contributed by atoms with Crippen LogP contribution in [0.4, 0.5) is 16.0 Å². The predicted molar refractivity (Wildman–Crippen MR) is 129 cm³/mol. The van der Waals surface area contributed by atoms with Gasteiger partial charge in [-0.15, -0.1) is 0 Å². The summed E-state index contributed by atoms with van der Waals surface area (Å²) in [6.07, 6.45) is 6.48. The first-order chi connectivity index (χ1) is 16.2. The smallest absolute Gasteiger partial charge is 0.270 e. The van der Waals surface area contributed by atoms with Gasteiger partial charge in [0.25, 0.3) is 5.91 Å². The van der Waals surface area contributed by atoms with Gasteiger partial charge >= 0.3 is 0 Å². The van der Waals surface area contributed by atoms with Crippen molar-refractivity contribution >= 4 is 17.5 Å². The van der Waals surface area contributed by atoms with Crippen molar-refractivity contribution in [2.75, 3.05) is 29.4 Å². The van der Waals surface area contributed by atoms with Crippen molar-refractivity contribution in [2.24, 2.45) is 11.8 Å². The van der Waals surface area contributed by atoms with Crippen LogP contribution in [0.15, 0.2) is 30.5 Å². The van der Waals surface area contributed by atoms with Crippen LogP contribution in [0, 0.1) is 17.7 Å². The maximum absolute atomic E-state index is 14.8. The first-order valence-electron chi connectivity index (χ1n) is 12.4. The van der Waals surface area contributed by atoms with Gasteiger partial charge in [-0.1, -0.05) is 12.5 Å². The fourth-order valence-electron chi connectivity index (χ4n) is 5.89. The monoisotopic (exact) mass is 467 g/mol. The molecule has 4 atom stereocenters. The van der Waals surface area contributed by atoms with Gasteiger partial charge in [0, 0.05) is 37.9 Å². The zero-order valence-corrected chi connectivity index (χ0v) is 20.2.